The molecule has 4 nitrogen and oxygen atoms in total. The molecule has 1 N–H and O–H groups in total. The van der Waals surface area contributed by atoms with Crippen molar-refractivity contribution in [2.24, 2.45) is 5.92 Å². The van der Waals surface area contributed by atoms with Gasteiger partial charge in [0.1, 0.15) is 0 Å². The van der Waals surface area contributed by atoms with E-state index < -0.39 is 9.84 Å². The third-order valence-electron chi connectivity index (χ3n) is 4.21. The van der Waals surface area contributed by atoms with Crippen LogP contribution in [0.2, 0.25) is 0 Å². The highest BCUT2D eigenvalue weighted by molar-refractivity contribution is 8.02. The van der Waals surface area contributed by atoms with Gasteiger partial charge in [-0.3, -0.25) is 4.79 Å². The lowest BCUT2D eigenvalue weighted by atomic mass is 10.0. The van der Waals surface area contributed by atoms with Gasteiger partial charge in [0.2, 0.25) is 5.91 Å². The van der Waals surface area contributed by atoms with E-state index >= 15 is 0 Å². The maximum Gasteiger partial charge on any atom is 0.230 e. The van der Waals surface area contributed by atoms with Crippen LogP contribution in [0, 0.1) is 5.92 Å². The van der Waals surface area contributed by atoms with Crippen molar-refractivity contribution in [2.45, 2.75) is 30.6 Å². The van der Waals surface area contributed by atoms with E-state index in [1.54, 1.807) is 0 Å². The quantitative estimate of drug-likeness (QED) is 0.863. The molecule has 22 heavy (non-hydrogen) atoms. The number of sulfone groups is 1. The zero-order valence-corrected chi connectivity index (χ0v) is 14.0. The smallest absolute Gasteiger partial charge is 0.230 e. The minimum atomic E-state index is -2.87. The zero-order valence-electron chi connectivity index (χ0n) is 12.4. The van der Waals surface area contributed by atoms with Gasteiger partial charge in [-0.25, -0.2) is 8.42 Å². The van der Waals surface area contributed by atoms with Crippen LogP contribution in [0.25, 0.3) is 0 Å². The Balaban J connectivity index is 1.52. The molecule has 1 aliphatic carbocycles. The Morgan fingerprint density at radius 3 is 2.55 bits per heavy atom. The molecule has 1 saturated heterocycles. The van der Waals surface area contributed by atoms with Crippen LogP contribution in [0.1, 0.15) is 30.9 Å². The predicted molar refractivity (Wildman–Crippen MR) is 89.6 cm³/mol. The van der Waals surface area contributed by atoms with E-state index in [4.69, 9.17) is 0 Å². The van der Waals surface area contributed by atoms with E-state index in [1.165, 1.54) is 11.8 Å². The van der Waals surface area contributed by atoms with Crippen molar-refractivity contribution in [3.8, 4) is 0 Å². The van der Waals surface area contributed by atoms with Crippen LogP contribution < -0.4 is 5.32 Å². The largest absolute Gasteiger partial charge is 0.348 e. The van der Waals surface area contributed by atoms with Crippen LogP contribution in [0.5, 0.6) is 0 Å². The number of rotatable bonds is 6. The molecule has 3 rings (SSSR count). The second-order valence-corrected chi connectivity index (χ2v) is 9.65. The van der Waals surface area contributed by atoms with Gasteiger partial charge in [-0.1, -0.05) is 30.3 Å². The molecule has 1 saturated carbocycles. The number of amides is 1. The van der Waals surface area contributed by atoms with Crippen molar-refractivity contribution in [3.05, 3.63) is 35.9 Å². The minimum absolute atomic E-state index is 0.00931. The Hall–Kier alpha value is -1.01. The predicted octanol–water partition coefficient (Wildman–Crippen LogP) is 2.17. The van der Waals surface area contributed by atoms with Crippen LogP contribution in [-0.2, 0) is 14.6 Å². The molecule has 2 unspecified atom stereocenters. The fraction of sp³-hybridized carbons (Fsp3) is 0.562. The first-order chi connectivity index (χ1) is 10.5. The fourth-order valence-electron chi connectivity index (χ4n) is 2.86. The van der Waals surface area contributed by atoms with Gasteiger partial charge in [0, 0.05) is 5.25 Å². The summed E-state index contributed by atoms with van der Waals surface area (Å²) in [5.41, 5.74) is 1.16. The molecule has 0 spiro atoms. The summed E-state index contributed by atoms with van der Waals surface area (Å²) < 4.78 is 22.9. The van der Waals surface area contributed by atoms with Gasteiger partial charge < -0.3 is 5.32 Å². The summed E-state index contributed by atoms with van der Waals surface area (Å²) in [4.78, 5) is 12.2. The van der Waals surface area contributed by atoms with E-state index in [-0.39, 0.29) is 28.7 Å². The first-order valence-corrected chi connectivity index (χ1v) is 10.6. The van der Waals surface area contributed by atoms with Gasteiger partial charge in [-0.2, -0.15) is 0 Å². The Morgan fingerprint density at radius 2 is 1.95 bits per heavy atom. The van der Waals surface area contributed by atoms with E-state index in [0.717, 1.165) is 18.4 Å². The normalized spacial score (nSPS) is 24.8. The number of benzene rings is 1. The second kappa shape index (κ2) is 6.62. The first kappa shape index (κ1) is 15.9. The summed E-state index contributed by atoms with van der Waals surface area (Å²) in [5, 5.41) is 3.21. The third-order valence-corrected chi connectivity index (χ3v) is 7.49. The lowest BCUT2D eigenvalue weighted by Gasteiger charge is -2.19. The summed E-state index contributed by atoms with van der Waals surface area (Å²) in [6.45, 7) is 0. The fourth-order valence-corrected chi connectivity index (χ4v) is 6.32. The van der Waals surface area contributed by atoms with Crippen LogP contribution in [-0.4, -0.2) is 36.8 Å². The monoisotopic (exact) mass is 339 g/mol. The number of nitrogens with one attached hydrogen (secondary N) is 1. The molecule has 2 aliphatic rings. The summed E-state index contributed by atoms with van der Waals surface area (Å²) in [5.74, 6) is 1.38. The van der Waals surface area contributed by atoms with E-state index in [9.17, 15) is 13.2 Å². The molecule has 1 aromatic rings. The molecular formula is C16H21NO3S2. The minimum Gasteiger partial charge on any atom is -0.348 e. The van der Waals surface area contributed by atoms with Crippen LogP contribution in [0.3, 0.4) is 0 Å². The van der Waals surface area contributed by atoms with Crippen molar-refractivity contribution in [1.82, 2.24) is 5.32 Å². The van der Waals surface area contributed by atoms with Crippen molar-refractivity contribution in [3.63, 3.8) is 0 Å². The molecule has 2 atom stereocenters. The summed E-state index contributed by atoms with van der Waals surface area (Å²) >= 11 is 1.47. The highest BCUT2D eigenvalue weighted by Crippen LogP contribution is 2.41. The van der Waals surface area contributed by atoms with Gasteiger partial charge in [-0.05, 0) is 30.7 Å². The van der Waals surface area contributed by atoms with Crippen LogP contribution in [0.15, 0.2) is 30.3 Å². The van der Waals surface area contributed by atoms with Crippen molar-refractivity contribution < 1.29 is 13.2 Å². The van der Waals surface area contributed by atoms with E-state index in [0.29, 0.717) is 18.1 Å². The zero-order chi connectivity index (χ0) is 15.6. The van der Waals surface area contributed by atoms with Crippen molar-refractivity contribution in [1.29, 1.82) is 0 Å². The molecule has 0 aromatic heterocycles. The lowest BCUT2D eigenvalue weighted by Crippen LogP contribution is -2.31. The Morgan fingerprint density at radius 1 is 1.23 bits per heavy atom. The Labute approximate surface area is 136 Å². The molecule has 0 bridgehead atoms. The van der Waals surface area contributed by atoms with Crippen LogP contribution >= 0.6 is 11.8 Å². The standard InChI is InChI=1S/C16H21NO3S2/c18-15(10-21-14-8-9-22(19,20)11-14)17-16(13-6-7-13)12-4-2-1-3-5-12/h1-5,13-14,16H,6-11H2,(H,17,18). The van der Waals surface area contributed by atoms with E-state index in [1.807, 2.05) is 18.2 Å². The molecule has 120 valence electrons. The van der Waals surface area contributed by atoms with Crippen LogP contribution in [0.4, 0.5) is 0 Å². The SMILES string of the molecule is O=C(CSC1CCS(=O)(=O)C1)NC(c1ccccc1)C1CC1. The van der Waals surface area contributed by atoms with Gasteiger partial charge in [0.25, 0.3) is 0 Å². The lowest BCUT2D eigenvalue weighted by molar-refractivity contribution is -0.119. The molecule has 1 aliphatic heterocycles. The number of thioether (sulfide) groups is 1. The summed E-state index contributed by atoms with van der Waals surface area (Å²) in [6.07, 6.45) is 2.99. The molecule has 1 amide bonds. The maximum atomic E-state index is 12.2. The van der Waals surface area contributed by atoms with Gasteiger partial charge in [0.05, 0.1) is 23.3 Å². The maximum absolute atomic E-state index is 12.2. The highest BCUT2D eigenvalue weighted by Gasteiger charge is 2.34. The Kier molecular flexibility index (Phi) is 4.78. The number of carbonyl (C=O) groups is 1. The summed E-state index contributed by atoms with van der Waals surface area (Å²) in [6, 6.07) is 10.2. The van der Waals surface area contributed by atoms with Crippen molar-refractivity contribution >= 4 is 27.5 Å². The van der Waals surface area contributed by atoms with Gasteiger partial charge in [0.15, 0.2) is 9.84 Å². The molecule has 1 heterocycles. The van der Waals surface area contributed by atoms with E-state index in [2.05, 4.69) is 17.4 Å². The van der Waals surface area contributed by atoms with Gasteiger partial charge >= 0.3 is 0 Å². The average molecular weight is 339 g/mol. The average Bonchev–Trinajstić information content (AvgIpc) is 3.27. The van der Waals surface area contributed by atoms with Gasteiger partial charge in [-0.15, -0.1) is 11.8 Å². The molecule has 1 aromatic carbocycles. The second-order valence-electron chi connectivity index (χ2n) is 6.13. The number of carbonyl (C=O) groups excluding carboxylic acids is 1. The Bertz CT molecular complexity index is 626. The number of hydrogen-bond acceptors (Lipinski definition) is 4. The molecule has 6 heteroatoms. The summed E-state index contributed by atoms with van der Waals surface area (Å²) in [7, 11) is -2.87. The molecule has 2 fully saturated rings. The topological polar surface area (TPSA) is 63.2 Å². The number of hydrogen-bond donors (Lipinski definition) is 1. The van der Waals surface area contributed by atoms with Crippen molar-refractivity contribution in [2.75, 3.05) is 17.3 Å². The highest BCUT2D eigenvalue weighted by atomic mass is 32.2. The third kappa shape index (κ3) is 4.26. The molecular weight excluding hydrogens is 318 g/mol. The molecule has 0 radical (unpaired) electrons. The first-order valence-electron chi connectivity index (χ1n) is 7.70.